The number of methoxy groups -OCH3 is 1. The summed E-state index contributed by atoms with van der Waals surface area (Å²) in [5, 5.41) is 15.3. The minimum Gasteiger partial charge on any atom is -0.481 e. The Kier molecular flexibility index (Phi) is 6.96. The van der Waals surface area contributed by atoms with Gasteiger partial charge in [-0.1, -0.05) is 29.5 Å². The van der Waals surface area contributed by atoms with Crippen LogP contribution in [-0.2, 0) is 6.54 Å². The standard InChI is InChI=1S/C25H26FN5O3S/c1-34-22-8-5-15-3-2-4-17(24(15)30-22)21(32)14-31(20-9-10-27-11-18(20)26)13-16-6-7-19-25(29-16)35-23(33)12-28-19/h2-8,12,18,20-21,27,32H,9-11,13-14H2,1H3/t18-,20+,21-/m0/s1. The number of nitrogens with one attached hydrogen (secondary N) is 1. The molecule has 1 fully saturated rings. The summed E-state index contributed by atoms with van der Waals surface area (Å²) in [6.45, 7) is 1.49. The van der Waals surface area contributed by atoms with E-state index in [0.717, 1.165) is 16.7 Å². The lowest BCUT2D eigenvalue weighted by Crippen LogP contribution is -2.51. The van der Waals surface area contributed by atoms with Gasteiger partial charge in [-0.05, 0) is 31.2 Å². The Morgan fingerprint density at radius 3 is 2.97 bits per heavy atom. The molecular weight excluding hydrogens is 469 g/mol. The van der Waals surface area contributed by atoms with E-state index in [4.69, 9.17) is 4.74 Å². The van der Waals surface area contributed by atoms with Gasteiger partial charge in [-0.3, -0.25) is 9.69 Å². The molecule has 5 rings (SSSR count). The lowest BCUT2D eigenvalue weighted by atomic mass is 9.99. The molecule has 0 spiro atoms. The average Bonchev–Trinajstić information content (AvgIpc) is 2.87. The van der Waals surface area contributed by atoms with Gasteiger partial charge in [-0.25, -0.2) is 19.3 Å². The lowest BCUT2D eigenvalue weighted by molar-refractivity contribution is 0.0339. The summed E-state index contributed by atoms with van der Waals surface area (Å²) in [5.41, 5.74) is 2.65. The van der Waals surface area contributed by atoms with Crippen molar-refractivity contribution in [1.82, 2.24) is 25.2 Å². The smallest absolute Gasteiger partial charge is 0.252 e. The number of hydrogen-bond acceptors (Lipinski definition) is 9. The summed E-state index contributed by atoms with van der Waals surface area (Å²) in [6, 6.07) is 12.6. The maximum atomic E-state index is 15.0. The number of aromatic nitrogens is 3. The van der Waals surface area contributed by atoms with Crippen molar-refractivity contribution < 1.29 is 14.2 Å². The highest BCUT2D eigenvalue weighted by atomic mass is 32.1. The molecule has 1 aromatic carbocycles. The van der Waals surface area contributed by atoms with Crippen LogP contribution in [-0.4, -0.2) is 63.9 Å². The van der Waals surface area contributed by atoms with Gasteiger partial charge in [-0.15, -0.1) is 0 Å². The minimum atomic E-state index is -1.08. The Morgan fingerprint density at radius 2 is 2.14 bits per heavy atom. The number of alkyl halides is 1. The molecule has 0 radical (unpaired) electrons. The van der Waals surface area contributed by atoms with Crippen LogP contribution in [0, 0.1) is 0 Å². The number of para-hydroxylation sites is 1. The highest BCUT2D eigenvalue weighted by Gasteiger charge is 2.32. The van der Waals surface area contributed by atoms with Crippen molar-refractivity contribution in [1.29, 1.82) is 0 Å². The number of piperidine rings is 1. The normalized spacial score (nSPS) is 19.3. The molecule has 4 heterocycles. The second kappa shape index (κ2) is 10.3. The van der Waals surface area contributed by atoms with Crippen LogP contribution in [0.15, 0.2) is 53.5 Å². The van der Waals surface area contributed by atoms with Crippen LogP contribution >= 0.6 is 11.3 Å². The van der Waals surface area contributed by atoms with Crippen LogP contribution in [0.3, 0.4) is 0 Å². The quantitative estimate of drug-likeness (QED) is 0.404. The van der Waals surface area contributed by atoms with Crippen LogP contribution in [0.25, 0.3) is 21.3 Å². The van der Waals surface area contributed by atoms with Crippen molar-refractivity contribution in [3.8, 4) is 5.88 Å². The second-order valence-electron chi connectivity index (χ2n) is 8.60. The molecule has 0 unspecified atom stereocenters. The largest absolute Gasteiger partial charge is 0.481 e. The number of benzene rings is 1. The molecule has 3 aromatic heterocycles. The van der Waals surface area contributed by atoms with E-state index < -0.39 is 12.3 Å². The molecule has 35 heavy (non-hydrogen) atoms. The molecule has 3 atom stereocenters. The molecule has 10 heteroatoms. The number of aliphatic hydroxyl groups excluding tert-OH is 1. The maximum Gasteiger partial charge on any atom is 0.252 e. The van der Waals surface area contributed by atoms with Crippen LogP contribution < -0.4 is 14.8 Å². The number of nitrogens with zero attached hydrogens (tertiary/aromatic N) is 4. The number of pyridine rings is 2. The maximum absolute atomic E-state index is 15.0. The molecular formula is C25H26FN5O3S. The Labute approximate surface area is 205 Å². The van der Waals surface area contributed by atoms with Gasteiger partial charge in [0.25, 0.3) is 4.74 Å². The SMILES string of the molecule is COc1ccc2cccc([C@@H](O)CN(Cc3ccc4ncc(=O)sc4n3)[C@@H]3CCNC[C@@H]3F)c2n1. The van der Waals surface area contributed by atoms with E-state index in [-0.39, 0.29) is 23.9 Å². The summed E-state index contributed by atoms with van der Waals surface area (Å²) < 4.78 is 20.1. The van der Waals surface area contributed by atoms with Gasteiger partial charge in [-0.2, -0.15) is 0 Å². The van der Waals surface area contributed by atoms with Crippen LogP contribution in [0.5, 0.6) is 5.88 Å². The summed E-state index contributed by atoms with van der Waals surface area (Å²) in [4.78, 5) is 27.5. The molecule has 4 aromatic rings. The Bertz CT molecular complexity index is 1400. The van der Waals surface area contributed by atoms with E-state index in [1.54, 1.807) is 13.2 Å². The van der Waals surface area contributed by atoms with Crippen LogP contribution in [0.4, 0.5) is 4.39 Å². The predicted octanol–water partition coefficient (Wildman–Crippen LogP) is 2.84. The Morgan fingerprint density at radius 1 is 1.26 bits per heavy atom. The highest BCUT2D eigenvalue weighted by Crippen LogP contribution is 2.28. The minimum absolute atomic E-state index is 0.171. The molecule has 1 aliphatic rings. The molecule has 0 saturated carbocycles. The third-order valence-electron chi connectivity index (χ3n) is 6.31. The van der Waals surface area contributed by atoms with Gasteiger partial charge in [0, 0.05) is 42.7 Å². The monoisotopic (exact) mass is 495 g/mol. The van der Waals surface area contributed by atoms with E-state index in [1.165, 1.54) is 6.20 Å². The molecule has 1 saturated heterocycles. The zero-order valence-corrected chi connectivity index (χ0v) is 20.0. The first kappa shape index (κ1) is 23.7. The molecule has 0 bridgehead atoms. The number of rotatable bonds is 7. The lowest BCUT2D eigenvalue weighted by Gasteiger charge is -2.37. The van der Waals surface area contributed by atoms with Crippen molar-refractivity contribution in [3.63, 3.8) is 0 Å². The first-order chi connectivity index (χ1) is 17.0. The molecule has 182 valence electrons. The number of hydrogen-bond donors (Lipinski definition) is 2. The summed E-state index contributed by atoms with van der Waals surface area (Å²) >= 11 is 1.03. The molecule has 2 N–H and O–H groups in total. The van der Waals surface area contributed by atoms with Gasteiger partial charge in [0.05, 0.1) is 36.1 Å². The van der Waals surface area contributed by atoms with E-state index in [9.17, 15) is 9.90 Å². The van der Waals surface area contributed by atoms with Crippen LogP contribution in [0.2, 0.25) is 0 Å². The van der Waals surface area contributed by atoms with Gasteiger partial charge < -0.3 is 15.2 Å². The van der Waals surface area contributed by atoms with Crippen molar-refractivity contribution in [2.75, 3.05) is 26.7 Å². The first-order valence-electron chi connectivity index (χ1n) is 11.5. The third-order valence-corrected chi connectivity index (χ3v) is 7.11. The van der Waals surface area contributed by atoms with Crippen molar-refractivity contribution >= 4 is 32.6 Å². The fraction of sp³-hybridized carbons (Fsp3) is 0.360. The number of ether oxygens (including phenoxy) is 1. The van der Waals surface area contributed by atoms with Gasteiger partial charge in [0.2, 0.25) is 5.88 Å². The highest BCUT2D eigenvalue weighted by molar-refractivity contribution is 7.15. The summed E-state index contributed by atoms with van der Waals surface area (Å²) in [7, 11) is 1.55. The molecule has 0 aliphatic carbocycles. The molecule has 1 aliphatic heterocycles. The molecule has 0 amide bonds. The van der Waals surface area contributed by atoms with Gasteiger partial charge in [0.15, 0.2) is 0 Å². The first-order valence-corrected chi connectivity index (χ1v) is 12.3. The van der Waals surface area contributed by atoms with E-state index in [1.807, 2.05) is 41.3 Å². The van der Waals surface area contributed by atoms with Crippen molar-refractivity contribution in [2.45, 2.75) is 31.3 Å². The third kappa shape index (κ3) is 5.15. The molecule has 8 nitrogen and oxygen atoms in total. The summed E-state index contributed by atoms with van der Waals surface area (Å²) in [5.74, 6) is 0.462. The Hall–Kier alpha value is -3.05. The zero-order chi connectivity index (χ0) is 24.4. The fourth-order valence-corrected chi connectivity index (χ4v) is 5.26. The topological polar surface area (TPSA) is 100 Å². The van der Waals surface area contributed by atoms with E-state index in [2.05, 4.69) is 20.3 Å². The van der Waals surface area contributed by atoms with Gasteiger partial charge in [0.1, 0.15) is 11.0 Å². The fourth-order valence-electron chi connectivity index (χ4n) is 4.58. The van der Waals surface area contributed by atoms with Crippen molar-refractivity contribution in [3.05, 3.63) is 69.5 Å². The summed E-state index contributed by atoms with van der Waals surface area (Å²) in [6.07, 6.45) is -0.0938. The predicted molar refractivity (Wildman–Crippen MR) is 134 cm³/mol. The second-order valence-corrected chi connectivity index (χ2v) is 9.59. The van der Waals surface area contributed by atoms with Crippen LogP contribution in [0.1, 0.15) is 23.8 Å². The number of aliphatic hydroxyl groups is 1. The van der Waals surface area contributed by atoms with Crippen molar-refractivity contribution in [2.24, 2.45) is 0 Å². The number of fused-ring (bicyclic) bond motifs is 2. The van der Waals surface area contributed by atoms with E-state index >= 15 is 4.39 Å². The number of halogens is 1. The Balaban J connectivity index is 1.47. The average molecular weight is 496 g/mol. The zero-order valence-electron chi connectivity index (χ0n) is 19.2. The van der Waals surface area contributed by atoms with Gasteiger partial charge >= 0.3 is 0 Å². The van der Waals surface area contributed by atoms with E-state index in [0.29, 0.717) is 52.5 Å².